The van der Waals surface area contributed by atoms with Crippen molar-refractivity contribution in [2.24, 2.45) is 0 Å². The van der Waals surface area contributed by atoms with Crippen LogP contribution in [0.4, 0.5) is 0 Å². The summed E-state index contributed by atoms with van der Waals surface area (Å²) in [6.45, 7) is 7.47. The molecule has 0 aliphatic carbocycles. The molecule has 3 heterocycles. The molecule has 6 nitrogen and oxygen atoms in total. The van der Waals surface area contributed by atoms with Gasteiger partial charge < -0.3 is 33.2 Å². The van der Waals surface area contributed by atoms with Crippen molar-refractivity contribution in [3.8, 4) is 11.4 Å². The zero-order valence-corrected chi connectivity index (χ0v) is 22.3. The van der Waals surface area contributed by atoms with Gasteiger partial charge in [0.1, 0.15) is 18.8 Å². The summed E-state index contributed by atoms with van der Waals surface area (Å²) in [6, 6.07) is 13.3. The highest BCUT2D eigenvalue weighted by Crippen LogP contribution is 2.28. The van der Waals surface area contributed by atoms with Crippen LogP contribution in [0.5, 0.6) is 5.75 Å². The van der Waals surface area contributed by atoms with Gasteiger partial charge in [0.25, 0.3) is 5.56 Å². The summed E-state index contributed by atoms with van der Waals surface area (Å²) in [5, 5.41) is 0. The van der Waals surface area contributed by atoms with Gasteiger partial charge in [0.05, 0.1) is 32.5 Å². The van der Waals surface area contributed by atoms with E-state index in [1.165, 1.54) is 16.7 Å². The lowest BCUT2D eigenvalue weighted by Crippen LogP contribution is -3.00. The predicted molar refractivity (Wildman–Crippen MR) is 128 cm³/mol. The van der Waals surface area contributed by atoms with Crippen LogP contribution in [-0.2, 0) is 13.2 Å². The topological polar surface area (TPSA) is 48.5 Å². The molecule has 0 atom stereocenters. The summed E-state index contributed by atoms with van der Waals surface area (Å²) in [7, 11) is 6.47. The van der Waals surface area contributed by atoms with Crippen LogP contribution in [-0.4, -0.2) is 39.6 Å². The highest BCUT2D eigenvalue weighted by atomic mass is 127. The average molecular weight is 558 g/mol. The van der Waals surface area contributed by atoms with E-state index in [0.717, 1.165) is 33.8 Å². The molecule has 0 saturated carbocycles. The number of imidazole rings is 1. The van der Waals surface area contributed by atoms with Crippen LogP contribution >= 0.6 is 0 Å². The fraction of sp³-hybridized carbons (Fsp3) is 0.308. The Kier molecular flexibility index (Phi) is 7.33. The fourth-order valence-electron chi connectivity index (χ4n) is 4.01. The summed E-state index contributed by atoms with van der Waals surface area (Å²) in [5.74, 6) is 0.664. The fourth-order valence-corrected chi connectivity index (χ4v) is 4.01. The van der Waals surface area contributed by atoms with E-state index in [-0.39, 0.29) is 29.5 Å². The summed E-state index contributed by atoms with van der Waals surface area (Å²) in [4.78, 5) is 17.4. The van der Waals surface area contributed by atoms with Crippen molar-refractivity contribution in [1.29, 1.82) is 0 Å². The molecule has 1 aromatic carbocycles. The maximum absolute atomic E-state index is 12.5. The Bertz CT molecular complexity index is 1330. The molecule has 0 aliphatic rings. The van der Waals surface area contributed by atoms with Gasteiger partial charge in [-0.05, 0) is 43.5 Å². The van der Waals surface area contributed by atoms with E-state index in [1.807, 2.05) is 25.3 Å². The minimum atomic E-state index is -0.0856. The predicted octanol–water partition coefficient (Wildman–Crippen LogP) is 1.20. The molecule has 0 saturated heterocycles. The Morgan fingerprint density at radius 3 is 2.33 bits per heavy atom. The number of aromatic nitrogens is 3. The number of aryl methyl sites for hydroxylation is 3. The van der Waals surface area contributed by atoms with Crippen molar-refractivity contribution in [3.05, 3.63) is 93.3 Å². The smallest absolute Gasteiger partial charge is 0.255 e. The summed E-state index contributed by atoms with van der Waals surface area (Å²) in [5.41, 5.74) is 7.07. The molecule has 0 radical (unpaired) electrons. The molecule has 174 valence electrons. The molecule has 7 heteroatoms. The Balaban J connectivity index is 0.00000306. The second-order valence-corrected chi connectivity index (χ2v) is 9.42. The molecular formula is C26H31IN4O2. The number of quaternary nitrogens is 1. The van der Waals surface area contributed by atoms with Gasteiger partial charge in [-0.2, -0.15) is 0 Å². The van der Waals surface area contributed by atoms with Gasteiger partial charge in [0.2, 0.25) is 0 Å². The first-order valence-electron chi connectivity index (χ1n) is 10.8. The molecule has 0 amide bonds. The van der Waals surface area contributed by atoms with Crippen LogP contribution in [0.15, 0.2) is 59.7 Å². The largest absolute Gasteiger partial charge is 1.00 e. The van der Waals surface area contributed by atoms with E-state index in [4.69, 9.17) is 9.72 Å². The Morgan fingerprint density at radius 2 is 1.70 bits per heavy atom. The van der Waals surface area contributed by atoms with Crippen LogP contribution in [0.1, 0.15) is 28.1 Å². The van der Waals surface area contributed by atoms with Crippen molar-refractivity contribution in [2.75, 3.05) is 21.1 Å². The zero-order valence-electron chi connectivity index (χ0n) is 20.1. The van der Waals surface area contributed by atoms with E-state index in [1.54, 1.807) is 22.9 Å². The van der Waals surface area contributed by atoms with Crippen molar-refractivity contribution >= 4 is 5.65 Å². The zero-order chi connectivity index (χ0) is 23.0. The standard InChI is InChI=1S/C26H31N4O2.HI/c1-18-10-9-11-19(2)22(18)17-32-24-14-21(28-13-8-7-12-25(28)31)15-29-23(16-30(4,5)6)20(3)27-26(24)29;/h7-15H,16-17H2,1-6H3;1H/q+1;/p-1. The van der Waals surface area contributed by atoms with Gasteiger partial charge in [-0.15, -0.1) is 0 Å². The number of nitrogens with zero attached hydrogens (tertiary/aromatic N) is 4. The third kappa shape index (κ3) is 5.30. The average Bonchev–Trinajstić information content (AvgIpc) is 3.02. The second kappa shape index (κ2) is 9.69. The lowest BCUT2D eigenvalue weighted by molar-refractivity contribution is -0.884. The van der Waals surface area contributed by atoms with E-state index in [9.17, 15) is 4.79 Å². The van der Waals surface area contributed by atoms with E-state index < -0.39 is 0 Å². The first-order chi connectivity index (χ1) is 15.1. The first-order valence-corrected chi connectivity index (χ1v) is 10.8. The monoisotopic (exact) mass is 558 g/mol. The van der Waals surface area contributed by atoms with Crippen LogP contribution < -0.4 is 34.3 Å². The Labute approximate surface area is 212 Å². The molecule has 0 N–H and O–H groups in total. The second-order valence-electron chi connectivity index (χ2n) is 9.42. The third-order valence-corrected chi connectivity index (χ3v) is 5.71. The van der Waals surface area contributed by atoms with Gasteiger partial charge in [0, 0.05) is 24.5 Å². The molecule has 4 aromatic rings. The number of pyridine rings is 2. The normalized spacial score (nSPS) is 11.5. The highest BCUT2D eigenvalue weighted by molar-refractivity contribution is 5.60. The molecule has 0 fully saturated rings. The molecule has 0 unspecified atom stereocenters. The van der Waals surface area contributed by atoms with Crippen molar-refractivity contribution in [2.45, 2.75) is 33.9 Å². The number of halogens is 1. The molecular weight excluding hydrogens is 527 g/mol. The third-order valence-electron chi connectivity index (χ3n) is 5.71. The Morgan fingerprint density at radius 1 is 1.00 bits per heavy atom. The van der Waals surface area contributed by atoms with Gasteiger partial charge >= 0.3 is 0 Å². The molecule has 3 aromatic heterocycles. The minimum Gasteiger partial charge on any atom is -1.00 e. The van der Waals surface area contributed by atoms with Crippen LogP contribution in [0, 0.1) is 20.8 Å². The quantitative estimate of drug-likeness (QED) is 0.264. The summed E-state index contributed by atoms with van der Waals surface area (Å²) in [6.07, 6.45) is 3.76. The lowest BCUT2D eigenvalue weighted by Gasteiger charge is -2.24. The number of ether oxygens (including phenoxy) is 1. The van der Waals surface area contributed by atoms with Gasteiger partial charge in [0.15, 0.2) is 11.4 Å². The maximum atomic E-state index is 12.5. The molecule has 33 heavy (non-hydrogen) atoms. The van der Waals surface area contributed by atoms with Crippen LogP contribution in [0.3, 0.4) is 0 Å². The van der Waals surface area contributed by atoms with E-state index >= 15 is 0 Å². The summed E-state index contributed by atoms with van der Waals surface area (Å²) < 4.78 is 10.8. The molecule has 0 bridgehead atoms. The number of hydrogen-bond donors (Lipinski definition) is 0. The minimum absolute atomic E-state index is 0. The van der Waals surface area contributed by atoms with Gasteiger partial charge in [-0.25, -0.2) is 4.98 Å². The van der Waals surface area contributed by atoms with Crippen LogP contribution in [0.25, 0.3) is 11.3 Å². The maximum Gasteiger partial charge on any atom is 0.255 e. The van der Waals surface area contributed by atoms with Gasteiger partial charge in [-0.1, -0.05) is 24.3 Å². The lowest BCUT2D eigenvalue weighted by atomic mass is 10.0. The number of benzene rings is 1. The summed E-state index contributed by atoms with van der Waals surface area (Å²) >= 11 is 0. The van der Waals surface area contributed by atoms with Crippen LogP contribution in [0.2, 0.25) is 0 Å². The van der Waals surface area contributed by atoms with E-state index in [0.29, 0.717) is 12.4 Å². The first kappa shape index (κ1) is 25.0. The number of rotatable bonds is 6. The molecule has 0 spiro atoms. The highest BCUT2D eigenvalue weighted by Gasteiger charge is 2.20. The molecule has 4 rings (SSSR count). The van der Waals surface area contributed by atoms with Crippen molar-refractivity contribution < 1.29 is 33.2 Å². The SMILES string of the molecule is Cc1cccc(C)c1COc1cc(-n2ccccc2=O)cn2c(C[N+](C)(C)C)c(C)nc12.[I-]. The number of fused-ring (bicyclic) bond motifs is 1. The molecule has 0 aliphatic heterocycles. The Hall–Kier alpha value is -2.65. The van der Waals surface area contributed by atoms with Gasteiger partial charge in [-0.3, -0.25) is 13.8 Å². The van der Waals surface area contributed by atoms with E-state index in [2.05, 4.69) is 57.6 Å². The van der Waals surface area contributed by atoms with Crippen molar-refractivity contribution in [3.63, 3.8) is 0 Å². The number of hydrogen-bond acceptors (Lipinski definition) is 3. The van der Waals surface area contributed by atoms with Crippen molar-refractivity contribution in [1.82, 2.24) is 14.0 Å².